The van der Waals surface area contributed by atoms with Gasteiger partial charge in [-0.15, -0.1) is 0 Å². The number of carbonyl (C=O) groups is 2. The molecule has 1 aromatic heterocycles. The number of nitrogens with zero attached hydrogens (tertiary/aromatic N) is 2. The van der Waals surface area contributed by atoms with E-state index in [-0.39, 0.29) is 25.0 Å². The SMILES string of the molecule is Nc1ccc2nc(NC(=O)CN3CCOCC3=O)sc2c1. The Bertz CT molecular complexity index is 700. The van der Waals surface area contributed by atoms with Gasteiger partial charge in [-0.25, -0.2) is 4.98 Å². The van der Waals surface area contributed by atoms with Crippen LogP contribution in [0.2, 0.25) is 0 Å². The van der Waals surface area contributed by atoms with Gasteiger partial charge in [-0.05, 0) is 18.2 Å². The summed E-state index contributed by atoms with van der Waals surface area (Å²) >= 11 is 1.35. The van der Waals surface area contributed by atoms with E-state index in [1.165, 1.54) is 16.2 Å². The molecule has 2 heterocycles. The van der Waals surface area contributed by atoms with Gasteiger partial charge in [0, 0.05) is 12.2 Å². The van der Waals surface area contributed by atoms with Crippen molar-refractivity contribution < 1.29 is 14.3 Å². The first kappa shape index (κ1) is 13.8. The predicted molar refractivity (Wildman–Crippen MR) is 80.1 cm³/mol. The van der Waals surface area contributed by atoms with Crippen molar-refractivity contribution in [2.75, 3.05) is 37.4 Å². The third-order valence-electron chi connectivity index (χ3n) is 3.08. The summed E-state index contributed by atoms with van der Waals surface area (Å²) in [4.78, 5) is 29.3. The zero-order chi connectivity index (χ0) is 14.8. The molecule has 3 rings (SSSR count). The van der Waals surface area contributed by atoms with Crippen LogP contribution >= 0.6 is 11.3 Å². The Morgan fingerprint density at radius 1 is 1.52 bits per heavy atom. The van der Waals surface area contributed by atoms with Crippen LogP contribution in [0.5, 0.6) is 0 Å². The van der Waals surface area contributed by atoms with Gasteiger partial charge in [0.15, 0.2) is 5.13 Å². The maximum absolute atomic E-state index is 12.0. The van der Waals surface area contributed by atoms with E-state index >= 15 is 0 Å². The van der Waals surface area contributed by atoms with E-state index in [4.69, 9.17) is 10.5 Å². The lowest BCUT2D eigenvalue weighted by Gasteiger charge is -2.25. The van der Waals surface area contributed by atoms with Crippen molar-refractivity contribution in [1.29, 1.82) is 0 Å². The van der Waals surface area contributed by atoms with Crippen LogP contribution in [0.15, 0.2) is 18.2 Å². The van der Waals surface area contributed by atoms with Crippen molar-refractivity contribution in [3.8, 4) is 0 Å². The number of hydrogen-bond acceptors (Lipinski definition) is 6. The van der Waals surface area contributed by atoms with Crippen molar-refractivity contribution in [3.05, 3.63) is 18.2 Å². The molecule has 3 N–H and O–H groups in total. The highest BCUT2D eigenvalue weighted by atomic mass is 32.1. The number of rotatable bonds is 3. The summed E-state index contributed by atoms with van der Waals surface area (Å²) in [5.41, 5.74) is 7.15. The molecular weight excluding hydrogens is 292 g/mol. The molecular formula is C13H14N4O3S. The molecule has 1 aliphatic heterocycles. The third-order valence-corrected chi connectivity index (χ3v) is 4.01. The average molecular weight is 306 g/mol. The molecule has 0 spiro atoms. The van der Waals surface area contributed by atoms with Gasteiger partial charge in [-0.1, -0.05) is 11.3 Å². The molecule has 0 bridgehead atoms. The number of thiazole rings is 1. The summed E-state index contributed by atoms with van der Waals surface area (Å²) in [5.74, 6) is -0.439. The maximum atomic E-state index is 12.0. The summed E-state index contributed by atoms with van der Waals surface area (Å²) < 4.78 is 5.93. The molecule has 21 heavy (non-hydrogen) atoms. The van der Waals surface area contributed by atoms with Gasteiger partial charge in [0.2, 0.25) is 11.8 Å². The Morgan fingerprint density at radius 3 is 3.19 bits per heavy atom. The highest BCUT2D eigenvalue weighted by Gasteiger charge is 2.21. The molecule has 2 aromatic rings. The van der Waals surface area contributed by atoms with Crippen molar-refractivity contribution in [2.45, 2.75) is 0 Å². The fourth-order valence-electron chi connectivity index (χ4n) is 2.04. The second kappa shape index (κ2) is 5.66. The van der Waals surface area contributed by atoms with E-state index in [9.17, 15) is 9.59 Å². The number of ether oxygens (including phenoxy) is 1. The number of amides is 2. The van der Waals surface area contributed by atoms with Gasteiger partial charge < -0.3 is 20.7 Å². The van der Waals surface area contributed by atoms with Crippen molar-refractivity contribution in [1.82, 2.24) is 9.88 Å². The standard InChI is InChI=1S/C13H14N4O3S/c14-8-1-2-9-10(5-8)21-13(15-9)16-11(18)6-17-3-4-20-7-12(17)19/h1-2,5H,3-4,6-7,14H2,(H,15,16,18). The summed E-state index contributed by atoms with van der Waals surface area (Å²) in [7, 11) is 0. The van der Waals surface area contributed by atoms with Gasteiger partial charge in [-0.2, -0.15) is 0 Å². The minimum absolute atomic E-state index is 0.0141. The fraction of sp³-hybridized carbons (Fsp3) is 0.308. The van der Waals surface area contributed by atoms with Gasteiger partial charge in [0.25, 0.3) is 0 Å². The lowest BCUT2D eigenvalue weighted by atomic mass is 10.3. The Kier molecular flexibility index (Phi) is 3.72. The van der Waals surface area contributed by atoms with Crippen molar-refractivity contribution >= 4 is 44.2 Å². The van der Waals surface area contributed by atoms with Crippen molar-refractivity contribution in [2.24, 2.45) is 0 Å². The molecule has 110 valence electrons. The molecule has 1 fully saturated rings. The van der Waals surface area contributed by atoms with Crippen LogP contribution in [-0.2, 0) is 14.3 Å². The summed E-state index contributed by atoms with van der Waals surface area (Å²) in [6.07, 6.45) is 0. The number of hydrogen-bond donors (Lipinski definition) is 2. The number of morpholine rings is 1. The molecule has 1 saturated heterocycles. The summed E-state index contributed by atoms with van der Waals surface area (Å²) in [5, 5.41) is 3.21. The van der Waals surface area contributed by atoms with Gasteiger partial charge in [0.1, 0.15) is 13.2 Å². The lowest BCUT2D eigenvalue weighted by Crippen LogP contribution is -2.45. The minimum Gasteiger partial charge on any atom is -0.399 e. The number of nitrogen functional groups attached to an aromatic ring is 1. The minimum atomic E-state index is -0.266. The quantitative estimate of drug-likeness (QED) is 0.813. The Hall–Kier alpha value is -2.19. The topological polar surface area (TPSA) is 97.5 Å². The molecule has 0 saturated carbocycles. The average Bonchev–Trinajstić information content (AvgIpc) is 2.82. The molecule has 7 nitrogen and oxygen atoms in total. The summed E-state index contributed by atoms with van der Waals surface area (Å²) in [6.45, 7) is 0.940. The van der Waals surface area contributed by atoms with E-state index in [1.54, 1.807) is 6.07 Å². The molecule has 1 aliphatic rings. The monoisotopic (exact) mass is 306 g/mol. The normalized spacial score (nSPS) is 15.4. The Labute approximate surface area is 124 Å². The number of fused-ring (bicyclic) bond motifs is 1. The van der Waals surface area contributed by atoms with Crippen molar-refractivity contribution in [3.63, 3.8) is 0 Å². The molecule has 1 aromatic carbocycles. The Balaban J connectivity index is 1.66. The number of nitrogens with two attached hydrogens (primary N) is 1. The lowest BCUT2D eigenvalue weighted by molar-refractivity contribution is -0.144. The molecule has 0 aliphatic carbocycles. The highest BCUT2D eigenvalue weighted by molar-refractivity contribution is 7.22. The van der Waals surface area contributed by atoms with Gasteiger partial charge >= 0.3 is 0 Å². The number of anilines is 2. The first-order valence-corrected chi connectivity index (χ1v) is 7.25. The third kappa shape index (κ3) is 3.11. The van der Waals surface area contributed by atoms with Crippen LogP contribution in [0, 0.1) is 0 Å². The second-order valence-electron chi connectivity index (χ2n) is 4.66. The van der Waals surface area contributed by atoms with E-state index in [0.717, 1.165) is 10.2 Å². The van der Waals surface area contributed by atoms with E-state index in [2.05, 4.69) is 10.3 Å². The molecule has 0 unspecified atom stereocenters. The summed E-state index contributed by atoms with van der Waals surface area (Å²) in [6, 6.07) is 5.39. The first-order chi connectivity index (χ1) is 10.1. The number of nitrogens with one attached hydrogen (secondary N) is 1. The maximum Gasteiger partial charge on any atom is 0.249 e. The highest BCUT2D eigenvalue weighted by Crippen LogP contribution is 2.27. The molecule has 2 amide bonds. The fourth-order valence-corrected chi connectivity index (χ4v) is 2.97. The largest absolute Gasteiger partial charge is 0.399 e. The zero-order valence-electron chi connectivity index (χ0n) is 11.2. The number of aromatic nitrogens is 1. The molecule has 8 heteroatoms. The van der Waals surface area contributed by atoms with Gasteiger partial charge in [0.05, 0.1) is 16.8 Å². The van der Waals surface area contributed by atoms with Crippen LogP contribution in [0.1, 0.15) is 0 Å². The van der Waals surface area contributed by atoms with Crippen LogP contribution in [0.25, 0.3) is 10.2 Å². The number of benzene rings is 1. The number of carbonyl (C=O) groups excluding carboxylic acids is 2. The van der Waals surface area contributed by atoms with Crippen LogP contribution in [0.3, 0.4) is 0 Å². The van der Waals surface area contributed by atoms with Crippen LogP contribution in [-0.4, -0.2) is 48.0 Å². The van der Waals surface area contributed by atoms with E-state index in [0.29, 0.717) is 24.0 Å². The first-order valence-electron chi connectivity index (χ1n) is 6.43. The second-order valence-corrected chi connectivity index (χ2v) is 5.69. The van der Waals surface area contributed by atoms with Crippen LogP contribution < -0.4 is 11.1 Å². The Morgan fingerprint density at radius 2 is 2.38 bits per heavy atom. The predicted octanol–water partition coefficient (Wildman–Crippen LogP) is 0.676. The van der Waals surface area contributed by atoms with Gasteiger partial charge in [-0.3, -0.25) is 9.59 Å². The molecule has 0 radical (unpaired) electrons. The van der Waals surface area contributed by atoms with Crippen LogP contribution in [0.4, 0.5) is 10.8 Å². The zero-order valence-corrected chi connectivity index (χ0v) is 12.0. The van der Waals surface area contributed by atoms with E-state index < -0.39 is 0 Å². The molecule has 0 atom stereocenters. The van der Waals surface area contributed by atoms with E-state index in [1.807, 2.05) is 12.1 Å². The smallest absolute Gasteiger partial charge is 0.249 e.